The van der Waals surface area contributed by atoms with Gasteiger partial charge in [0.25, 0.3) is 11.6 Å². The minimum absolute atomic E-state index is 0.168. The smallest absolute Gasteiger partial charge is 0.332 e. The molecule has 2 heterocycles. The fourth-order valence-electron chi connectivity index (χ4n) is 2.19. The fourth-order valence-corrected chi connectivity index (χ4v) is 2.19. The molecule has 0 amide bonds. The van der Waals surface area contributed by atoms with Gasteiger partial charge in [-0.15, -0.1) is 0 Å². The molecule has 0 bridgehead atoms. The second kappa shape index (κ2) is 6.41. The van der Waals surface area contributed by atoms with E-state index in [0.29, 0.717) is 17.7 Å². The van der Waals surface area contributed by atoms with Gasteiger partial charge in [0.2, 0.25) is 0 Å². The van der Waals surface area contributed by atoms with Gasteiger partial charge in [0, 0.05) is 26.7 Å². The lowest BCUT2D eigenvalue weighted by Gasteiger charge is -2.10. The Hall–Kier alpha value is -2.35. The van der Waals surface area contributed by atoms with Crippen LogP contribution >= 0.6 is 0 Å². The van der Waals surface area contributed by atoms with Crippen LogP contribution in [0.5, 0.6) is 6.01 Å². The summed E-state index contributed by atoms with van der Waals surface area (Å²) in [6.45, 7) is 6.45. The van der Waals surface area contributed by atoms with E-state index in [-0.39, 0.29) is 18.7 Å². The number of aromatic nitrogens is 4. The van der Waals surface area contributed by atoms with Gasteiger partial charge < -0.3 is 10.5 Å². The van der Waals surface area contributed by atoms with Gasteiger partial charge >= 0.3 is 5.69 Å². The molecule has 8 nitrogen and oxygen atoms in total. The molecule has 0 saturated carbocycles. The van der Waals surface area contributed by atoms with Crippen molar-refractivity contribution in [2.75, 3.05) is 6.61 Å². The van der Waals surface area contributed by atoms with E-state index < -0.39 is 11.2 Å². The maximum absolute atomic E-state index is 12.5. The Balaban J connectivity index is 2.74. The second-order valence-corrected chi connectivity index (χ2v) is 5.95. The van der Waals surface area contributed by atoms with Crippen LogP contribution in [0.15, 0.2) is 21.2 Å². The highest BCUT2D eigenvalue weighted by atomic mass is 16.5. The quantitative estimate of drug-likeness (QED) is 0.789. The first-order valence-electron chi connectivity index (χ1n) is 7.42. The highest BCUT2D eigenvalue weighted by molar-refractivity contribution is 5.72. The maximum atomic E-state index is 12.5. The molecular formula is C15H23N5O3. The molecule has 0 saturated heterocycles. The number of imidazole rings is 1. The van der Waals surface area contributed by atoms with Crippen molar-refractivity contribution >= 4 is 11.2 Å². The van der Waals surface area contributed by atoms with Crippen molar-refractivity contribution in [3.8, 4) is 6.01 Å². The van der Waals surface area contributed by atoms with Gasteiger partial charge in [0.15, 0.2) is 11.2 Å². The molecule has 0 aromatic carbocycles. The van der Waals surface area contributed by atoms with E-state index in [9.17, 15) is 9.59 Å². The van der Waals surface area contributed by atoms with Crippen molar-refractivity contribution in [3.63, 3.8) is 0 Å². The van der Waals surface area contributed by atoms with Crippen LogP contribution in [0.4, 0.5) is 0 Å². The van der Waals surface area contributed by atoms with Gasteiger partial charge in [-0.2, -0.15) is 4.98 Å². The first kappa shape index (κ1) is 17.0. The van der Waals surface area contributed by atoms with Crippen molar-refractivity contribution in [3.05, 3.63) is 32.5 Å². The van der Waals surface area contributed by atoms with Crippen molar-refractivity contribution in [1.82, 2.24) is 18.7 Å². The molecule has 0 aliphatic rings. The van der Waals surface area contributed by atoms with Crippen LogP contribution in [-0.4, -0.2) is 31.3 Å². The molecular weight excluding hydrogens is 298 g/mol. The number of hydrogen-bond donors (Lipinski definition) is 1. The Morgan fingerprint density at radius 1 is 1.30 bits per heavy atom. The summed E-state index contributed by atoms with van der Waals surface area (Å²) < 4.78 is 9.72. The molecule has 1 atom stereocenters. The van der Waals surface area contributed by atoms with Crippen molar-refractivity contribution in [2.24, 2.45) is 19.8 Å². The summed E-state index contributed by atoms with van der Waals surface area (Å²) in [5, 5.41) is 0. The highest BCUT2D eigenvalue weighted by Gasteiger charge is 2.19. The summed E-state index contributed by atoms with van der Waals surface area (Å²) in [5.41, 5.74) is 6.65. The molecule has 126 valence electrons. The predicted molar refractivity (Wildman–Crippen MR) is 88.8 cm³/mol. The number of hydrogen-bond acceptors (Lipinski definition) is 5. The van der Waals surface area contributed by atoms with E-state index in [0.717, 1.165) is 10.1 Å². The van der Waals surface area contributed by atoms with Gasteiger partial charge in [0.05, 0.1) is 0 Å². The Morgan fingerprint density at radius 3 is 2.52 bits per heavy atom. The average Bonchev–Trinajstić information content (AvgIpc) is 2.85. The first-order valence-corrected chi connectivity index (χ1v) is 7.42. The first-order chi connectivity index (χ1) is 10.7. The van der Waals surface area contributed by atoms with E-state index in [2.05, 4.69) is 4.98 Å². The zero-order valence-corrected chi connectivity index (χ0v) is 14.2. The van der Waals surface area contributed by atoms with Crippen molar-refractivity contribution < 1.29 is 4.74 Å². The number of ether oxygens (including phenoxy) is 1. The summed E-state index contributed by atoms with van der Waals surface area (Å²) in [6.07, 6.45) is 1.96. The average molecular weight is 321 g/mol. The standard InChI is InChI=1S/C15H23N5O3/c1-9(2)6-7-20-11-12(17-14(20)23-8-10(3)16)18(4)15(22)19(5)13(11)21/h6,10H,7-8,16H2,1-5H3/t10-/m0/s1. The summed E-state index contributed by atoms with van der Waals surface area (Å²) in [4.78, 5) is 28.9. The SMILES string of the molecule is CC(C)=CCn1c(OC[C@H](C)N)nc2c1c(=O)n(C)c(=O)n2C. The van der Waals surface area contributed by atoms with E-state index in [1.54, 1.807) is 11.6 Å². The Morgan fingerprint density at radius 2 is 1.96 bits per heavy atom. The van der Waals surface area contributed by atoms with E-state index >= 15 is 0 Å². The monoisotopic (exact) mass is 321 g/mol. The molecule has 23 heavy (non-hydrogen) atoms. The number of rotatable bonds is 5. The molecule has 2 N–H and O–H groups in total. The molecule has 2 aromatic heterocycles. The third-order valence-corrected chi connectivity index (χ3v) is 3.47. The van der Waals surface area contributed by atoms with Crippen LogP contribution in [0.1, 0.15) is 20.8 Å². The van der Waals surface area contributed by atoms with Crippen LogP contribution < -0.4 is 21.7 Å². The number of nitrogens with two attached hydrogens (primary N) is 1. The zero-order chi connectivity index (χ0) is 17.3. The van der Waals surface area contributed by atoms with E-state index in [4.69, 9.17) is 10.5 Å². The Bertz CT molecular complexity index is 866. The molecule has 0 aliphatic carbocycles. The number of aryl methyl sites for hydroxylation is 1. The summed E-state index contributed by atoms with van der Waals surface area (Å²) >= 11 is 0. The van der Waals surface area contributed by atoms with E-state index in [1.807, 2.05) is 26.8 Å². The van der Waals surface area contributed by atoms with Crippen molar-refractivity contribution in [2.45, 2.75) is 33.4 Å². The third-order valence-electron chi connectivity index (χ3n) is 3.47. The molecule has 0 fully saturated rings. The molecule has 2 aromatic rings. The van der Waals surface area contributed by atoms with Gasteiger partial charge in [0.1, 0.15) is 6.61 Å². The van der Waals surface area contributed by atoms with Crippen LogP contribution in [-0.2, 0) is 20.6 Å². The molecule has 0 unspecified atom stereocenters. The van der Waals surface area contributed by atoms with Gasteiger partial charge in [-0.25, -0.2) is 4.79 Å². The maximum Gasteiger partial charge on any atom is 0.332 e. The lowest BCUT2D eigenvalue weighted by molar-refractivity contribution is 0.265. The summed E-state index contributed by atoms with van der Waals surface area (Å²) in [7, 11) is 3.03. The predicted octanol–water partition coefficient (Wildman–Crippen LogP) is 0.126. The largest absolute Gasteiger partial charge is 0.463 e. The van der Waals surface area contributed by atoms with E-state index in [1.165, 1.54) is 11.6 Å². The van der Waals surface area contributed by atoms with Gasteiger partial charge in [-0.1, -0.05) is 11.6 Å². The zero-order valence-electron chi connectivity index (χ0n) is 14.2. The molecule has 8 heteroatoms. The second-order valence-electron chi connectivity index (χ2n) is 5.95. The Labute approximate surface area is 133 Å². The number of allylic oxidation sites excluding steroid dienone is 2. The van der Waals surface area contributed by atoms with Gasteiger partial charge in [-0.05, 0) is 20.8 Å². The van der Waals surface area contributed by atoms with Gasteiger partial charge in [-0.3, -0.25) is 18.5 Å². The normalized spacial score (nSPS) is 12.4. The van der Waals surface area contributed by atoms with Crippen LogP contribution in [0.25, 0.3) is 11.2 Å². The summed E-state index contributed by atoms with van der Waals surface area (Å²) in [6, 6.07) is 0.117. The topological polar surface area (TPSA) is 97.1 Å². The minimum Gasteiger partial charge on any atom is -0.463 e. The molecule has 0 spiro atoms. The number of fused-ring (bicyclic) bond motifs is 1. The van der Waals surface area contributed by atoms with Crippen LogP contribution in [0, 0.1) is 0 Å². The lowest BCUT2D eigenvalue weighted by atomic mass is 10.3. The Kier molecular flexibility index (Phi) is 4.74. The molecule has 2 rings (SSSR count). The lowest BCUT2D eigenvalue weighted by Crippen LogP contribution is -2.37. The minimum atomic E-state index is -0.423. The third kappa shape index (κ3) is 3.21. The van der Waals surface area contributed by atoms with Crippen LogP contribution in [0.3, 0.4) is 0 Å². The number of nitrogens with zero attached hydrogens (tertiary/aromatic N) is 4. The van der Waals surface area contributed by atoms with Crippen molar-refractivity contribution in [1.29, 1.82) is 0 Å². The molecule has 0 radical (unpaired) electrons. The van der Waals surface area contributed by atoms with Crippen LogP contribution in [0.2, 0.25) is 0 Å². The highest BCUT2D eigenvalue weighted by Crippen LogP contribution is 2.18. The molecule has 0 aliphatic heterocycles. The summed E-state index contributed by atoms with van der Waals surface area (Å²) in [5.74, 6) is 0. The fraction of sp³-hybridized carbons (Fsp3) is 0.533.